The van der Waals surface area contributed by atoms with E-state index in [1.54, 1.807) is 48.7 Å². The van der Waals surface area contributed by atoms with E-state index in [1.807, 2.05) is 29.8 Å². The number of carboxylic acid groups (broad SMARTS) is 1. The van der Waals surface area contributed by atoms with Crippen molar-refractivity contribution in [2.24, 2.45) is 12.8 Å². The molecule has 2 heterocycles. The number of aliphatic carboxylic acids is 1. The minimum atomic E-state index is -0.994. The van der Waals surface area contributed by atoms with Crippen LogP contribution >= 0.6 is 12.4 Å². The predicted octanol–water partition coefficient (Wildman–Crippen LogP) is 3.41. The molecule has 1 amide bonds. The molecule has 36 heavy (non-hydrogen) atoms. The summed E-state index contributed by atoms with van der Waals surface area (Å²) in [6.45, 7) is 0.454. The lowest BCUT2D eigenvalue weighted by Gasteiger charge is -2.21. The van der Waals surface area contributed by atoms with Gasteiger partial charge in [0, 0.05) is 36.6 Å². The number of aryl methyl sites for hydroxylation is 1. The van der Waals surface area contributed by atoms with Gasteiger partial charge in [-0.15, -0.1) is 12.4 Å². The normalized spacial score (nSPS) is 10.5. The largest absolute Gasteiger partial charge is 0.481 e. The Hall–Kier alpha value is -4.44. The van der Waals surface area contributed by atoms with Crippen molar-refractivity contribution in [3.63, 3.8) is 0 Å². The van der Waals surface area contributed by atoms with Gasteiger partial charge < -0.3 is 20.7 Å². The van der Waals surface area contributed by atoms with Gasteiger partial charge in [0.2, 0.25) is 0 Å². The van der Waals surface area contributed by atoms with Crippen molar-refractivity contribution in [2.75, 3.05) is 16.8 Å². The van der Waals surface area contributed by atoms with Gasteiger partial charge >= 0.3 is 5.97 Å². The van der Waals surface area contributed by atoms with Crippen LogP contribution in [0.25, 0.3) is 11.0 Å². The van der Waals surface area contributed by atoms with Crippen molar-refractivity contribution in [3.05, 3.63) is 83.8 Å². The summed E-state index contributed by atoms with van der Waals surface area (Å²) in [4.78, 5) is 34.7. The zero-order valence-corrected chi connectivity index (χ0v) is 20.3. The van der Waals surface area contributed by atoms with E-state index < -0.39 is 5.97 Å². The third-order valence-corrected chi connectivity index (χ3v) is 5.59. The number of benzene rings is 2. The van der Waals surface area contributed by atoms with Crippen LogP contribution in [0.4, 0.5) is 11.5 Å². The van der Waals surface area contributed by atoms with Gasteiger partial charge in [0.25, 0.3) is 5.91 Å². The molecule has 11 heteroatoms. The molecule has 186 valence electrons. The number of halogens is 1. The highest BCUT2D eigenvalue weighted by Gasteiger charge is 2.21. The number of carboxylic acids is 1. The molecule has 0 atom stereocenters. The van der Waals surface area contributed by atoms with Crippen LogP contribution in [0.2, 0.25) is 0 Å². The minimum absolute atomic E-state index is 0. The standard InChI is InChI=1S/C25H25N7O3.ClH/c1-31-20-10-7-17(25(35)32(13-11-23(33)34)21-4-2-3-12-28-21)14-19(20)30-22(31)15-29-18-8-5-16(6-9-18)24(26)27;/h2-10,12,14,29H,11,13,15H2,1H3,(H3,26,27)(H,33,34);1H. The summed E-state index contributed by atoms with van der Waals surface area (Å²) in [6, 6.07) is 17.6. The lowest BCUT2D eigenvalue weighted by molar-refractivity contribution is -0.136. The highest BCUT2D eigenvalue weighted by atomic mass is 35.5. The van der Waals surface area contributed by atoms with Crippen molar-refractivity contribution in [3.8, 4) is 0 Å². The van der Waals surface area contributed by atoms with Crippen LogP contribution in [0, 0.1) is 5.41 Å². The maximum atomic E-state index is 13.3. The average molecular weight is 508 g/mol. The van der Waals surface area contributed by atoms with E-state index in [4.69, 9.17) is 16.2 Å². The second kappa shape index (κ2) is 11.3. The van der Waals surface area contributed by atoms with Gasteiger partial charge in [-0.3, -0.25) is 19.9 Å². The van der Waals surface area contributed by atoms with Crippen LogP contribution in [0.5, 0.6) is 0 Å². The molecule has 0 unspecified atom stereocenters. The number of imidazole rings is 1. The van der Waals surface area contributed by atoms with E-state index >= 15 is 0 Å². The molecule has 0 spiro atoms. The third kappa shape index (κ3) is 5.78. The van der Waals surface area contributed by atoms with Crippen LogP contribution < -0.4 is 16.0 Å². The molecule has 2 aromatic heterocycles. The number of hydrogen-bond donors (Lipinski definition) is 4. The number of amidine groups is 1. The van der Waals surface area contributed by atoms with Gasteiger partial charge in [0.1, 0.15) is 17.5 Å². The minimum Gasteiger partial charge on any atom is -0.481 e. The quantitative estimate of drug-likeness (QED) is 0.200. The number of nitrogens with zero attached hydrogens (tertiary/aromatic N) is 4. The van der Waals surface area contributed by atoms with E-state index in [1.165, 1.54) is 4.90 Å². The molecule has 0 fully saturated rings. The zero-order chi connectivity index (χ0) is 24.9. The van der Waals surface area contributed by atoms with Crippen molar-refractivity contribution in [1.29, 1.82) is 5.41 Å². The van der Waals surface area contributed by atoms with Crippen molar-refractivity contribution < 1.29 is 14.7 Å². The van der Waals surface area contributed by atoms with Gasteiger partial charge in [0.15, 0.2) is 0 Å². The number of nitrogens with one attached hydrogen (secondary N) is 2. The summed E-state index contributed by atoms with van der Waals surface area (Å²) < 4.78 is 1.95. The summed E-state index contributed by atoms with van der Waals surface area (Å²) in [5.74, 6) is -0.162. The molecule has 4 aromatic rings. The first-order valence-electron chi connectivity index (χ1n) is 10.9. The summed E-state index contributed by atoms with van der Waals surface area (Å²) in [5.41, 5.74) is 8.92. The van der Waals surface area contributed by atoms with Crippen LogP contribution in [0.1, 0.15) is 28.2 Å². The molecule has 0 saturated heterocycles. The molecule has 0 radical (unpaired) electrons. The van der Waals surface area contributed by atoms with Crippen molar-refractivity contribution in [1.82, 2.24) is 14.5 Å². The maximum absolute atomic E-state index is 13.3. The van der Waals surface area contributed by atoms with E-state index in [2.05, 4.69) is 15.3 Å². The van der Waals surface area contributed by atoms with E-state index in [0.717, 1.165) is 17.0 Å². The monoisotopic (exact) mass is 507 g/mol. The van der Waals surface area contributed by atoms with Crippen molar-refractivity contribution in [2.45, 2.75) is 13.0 Å². The Morgan fingerprint density at radius 2 is 1.83 bits per heavy atom. The number of fused-ring (bicyclic) bond motifs is 1. The Balaban J connectivity index is 0.00000361. The fourth-order valence-corrected chi connectivity index (χ4v) is 3.69. The van der Waals surface area contributed by atoms with Crippen LogP contribution in [0.15, 0.2) is 66.9 Å². The number of nitrogen functional groups attached to an aromatic ring is 1. The number of amides is 1. The Labute approximate surface area is 213 Å². The number of carbonyl (C=O) groups is 2. The molecular weight excluding hydrogens is 482 g/mol. The van der Waals surface area contributed by atoms with Crippen LogP contribution in [-0.2, 0) is 18.4 Å². The van der Waals surface area contributed by atoms with E-state index in [9.17, 15) is 9.59 Å². The van der Waals surface area contributed by atoms with Crippen molar-refractivity contribution >= 4 is 52.7 Å². The van der Waals surface area contributed by atoms with Crippen LogP contribution in [0.3, 0.4) is 0 Å². The summed E-state index contributed by atoms with van der Waals surface area (Å²) >= 11 is 0. The second-order valence-electron chi connectivity index (χ2n) is 7.92. The first-order valence-corrected chi connectivity index (χ1v) is 10.9. The molecule has 5 N–H and O–H groups in total. The Bertz CT molecular complexity index is 1390. The SMILES string of the molecule is Cl.Cn1c(CNc2ccc(C(=N)N)cc2)nc2cc(C(=O)N(CCC(=O)O)c3ccccn3)ccc21. The maximum Gasteiger partial charge on any atom is 0.305 e. The first kappa shape index (κ1) is 26.2. The second-order valence-corrected chi connectivity index (χ2v) is 7.92. The fraction of sp³-hybridized carbons (Fsp3) is 0.160. The van der Waals surface area contributed by atoms with Gasteiger partial charge in [-0.2, -0.15) is 0 Å². The Morgan fingerprint density at radius 1 is 1.11 bits per heavy atom. The highest BCUT2D eigenvalue weighted by Crippen LogP contribution is 2.21. The number of anilines is 2. The molecule has 4 rings (SSSR count). The number of pyridine rings is 1. The lowest BCUT2D eigenvalue weighted by atomic mass is 10.1. The summed E-state index contributed by atoms with van der Waals surface area (Å²) in [7, 11) is 1.90. The topological polar surface area (TPSA) is 150 Å². The molecule has 0 bridgehead atoms. The lowest BCUT2D eigenvalue weighted by Crippen LogP contribution is -2.33. The molecule has 0 aliphatic carbocycles. The smallest absolute Gasteiger partial charge is 0.305 e. The van der Waals surface area contributed by atoms with E-state index in [-0.39, 0.29) is 37.1 Å². The van der Waals surface area contributed by atoms with Crippen LogP contribution in [-0.4, -0.2) is 43.9 Å². The number of aromatic nitrogens is 3. The highest BCUT2D eigenvalue weighted by molar-refractivity contribution is 6.07. The molecule has 0 saturated carbocycles. The predicted molar refractivity (Wildman–Crippen MR) is 141 cm³/mol. The number of nitrogens with two attached hydrogens (primary N) is 1. The summed E-state index contributed by atoms with van der Waals surface area (Å²) in [5, 5.41) is 19.9. The molecule has 2 aromatic carbocycles. The van der Waals surface area contributed by atoms with Gasteiger partial charge in [-0.25, -0.2) is 9.97 Å². The molecular formula is C25H26ClN7O3. The Kier molecular flexibility index (Phi) is 8.23. The Morgan fingerprint density at radius 3 is 2.47 bits per heavy atom. The van der Waals surface area contributed by atoms with E-state index in [0.29, 0.717) is 29.0 Å². The molecule has 10 nitrogen and oxygen atoms in total. The van der Waals surface area contributed by atoms with Gasteiger partial charge in [-0.1, -0.05) is 6.07 Å². The molecule has 0 aliphatic heterocycles. The van der Waals surface area contributed by atoms with Gasteiger partial charge in [0.05, 0.1) is 24.0 Å². The summed E-state index contributed by atoms with van der Waals surface area (Å²) in [6.07, 6.45) is 1.36. The third-order valence-electron chi connectivity index (χ3n) is 5.59. The first-order chi connectivity index (χ1) is 16.8. The van der Waals surface area contributed by atoms with Gasteiger partial charge in [-0.05, 0) is 54.6 Å². The zero-order valence-electron chi connectivity index (χ0n) is 19.5. The fourth-order valence-electron chi connectivity index (χ4n) is 3.69. The molecule has 0 aliphatic rings. The number of hydrogen-bond acceptors (Lipinski definition) is 6. The average Bonchev–Trinajstić information content (AvgIpc) is 3.18. The number of carbonyl (C=O) groups excluding carboxylic acids is 1. The number of rotatable bonds is 9.